The second-order valence-corrected chi connectivity index (χ2v) is 22.9. The van der Waals surface area contributed by atoms with Crippen molar-refractivity contribution < 1.29 is 31.4 Å². The first-order chi connectivity index (χ1) is 62.0. The number of oxazole rings is 1. The quantitative estimate of drug-likeness (QED) is 0.136. The lowest BCUT2D eigenvalue weighted by molar-refractivity contribution is 0.307. The molecule has 1 aliphatic carbocycles. The van der Waals surface area contributed by atoms with Crippen molar-refractivity contribution >= 4 is 111 Å². The van der Waals surface area contributed by atoms with Crippen LogP contribution >= 0.6 is 80.3 Å². The molecule has 0 saturated heterocycles. The molecule has 6 aliphatic rings. The van der Waals surface area contributed by atoms with E-state index in [0.717, 1.165) is 32.4 Å². The number of azo groups is 1. The minimum atomic E-state index is 0.667. The van der Waals surface area contributed by atoms with E-state index in [4.69, 9.17) is 0 Å². The summed E-state index contributed by atoms with van der Waals surface area (Å²) in [5, 5.41) is 77.7. The van der Waals surface area contributed by atoms with Crippen molar-refractivity contribution in [3.8, 4) is 0 Å². The summed E-state index contributed by atoms with van der Waals surface area (Å²) in [6.45, 7) is 2.33. The van der Waals surface area contributed by atoms with Crippen LogP contribution in [0.5, 0.6) is 0 Å². The molecule has 640 valence electrons. The van der Waals surface area contributed by atoms with Gasteiger partial charge in [0.2, 0.25) is 19.2 Å². The van der Waals surface area contributed by atoms with E-state index >= 15 is 0 Å². The molecule has 0 radical (unpaired) electrons. The average molecular weight is 1810 g/mol. The average Bonchev–Trinajstić information content (AvgIpc) is 3.09. The minimum Gasteiger partial charge on any atom is -0.473 e. The monoisotopic (exact) mass is 1810 g/mol. The van der Waals surface area contributed by atoms with Gasteiger partial charge in [-0.05, 0) is 124 Å². The van der Waals surface area contributed by atoms with Gasteiger partial charge in [0.15, 0.2) is 12.7 Å². The summed E-state index contributed by atoms with van der Waals surface area (Å²) in [6.07, 6.45) is 81.7. The maximum absolute atomic E-state index is 4.58. The lowest BCUT2D eigenvalue weighted by Gasteiger charge is -1.70. The van der Waals surface area contributed by atoms with Gasteiger partial charge in [0, 0.05) is 146 Å². The number of furan rings is 1. The van der Waals surface area contributed by atoms with Crippen LogP contribution in [0.4, 0.5) is 0 Å². The summed E-state index contributed by atoms with van der Waals surface area (Å²) in [6, 6.07) is 22.5. The largest absolute Gasteiger partial charge is 0.473 e. The Morgan fingerprint density at radius 1 is 0.298 bits per heavy atom. The third-order valence-electron chi connectivity index (χ3n) is 9.48. The molecule has 124 heavy (non-hydrogen) atoms. The van der Waals surface area contributed by atoms with Gasteiger partial charge in [0.1, 0.15) is 48.0 Å². The number of allylic oxidation sites excluding steroid dienone is 6. The highest BCUT2D eigenvalue weighted by Crippen LogP contribution is 1.94. The van der Waals surface area contributed by atoms with Crippen molar-refractivity contribution in [2.45, 2.75) is 19.3 Å². The molecule has 50 heteroatoms. The van der Waals surface area contributed by atoms with Gasteiger partial charge < -0.3 is 26.8 Å². The van der Waals surface area contributed by atoms with E-state index in [2.05, 4.69) is 235 Å². The number of aliphatic imine (C=N–C) groups is 2. The van der Waals surface area contributed by atoms with E-state index in [1.54, 1.807) is 212 Å². The first-order valence-corrected chi connectivity index (χ1v) is 40.5. The molecule has 0 aromatic carbocycles. The van der Waals surface area contributed by atoms with Crippen LogP contribution < -0.4 is 0 Å². The molecule has 0 amide bonds. The summed E-state index contributed by atoms with van der Waals surface area (Å²) < 4.78 is 48.5. The van der Waals surface area contributed by atoms with Gasteiger partial charge in [0.05, 0.1) is 105 Å². The van der Waals surface area contributed by atoms with Gasteiger partial charge in [-0.1, -0.05) is 79.8 Å². The van der Waals surface area contributed by atoms with Crippen molar-refractivity contribution in [2.24, 2.45) is 45.9 Å². The zero-order chi connectivity index (χ0) is 87.7. The van der Waals surface area contributed by atoms with E-state index in [1.807, 2.05) is 118 Å². The van der Waals surface area contributed by atoms with E-state index in [9.17, 15) is 0 Å². The van der Waals surface area contributed by atoms with Crippen LogP contribution in [0, 0.1) is 0 Å². The first kappa shape index (κ1) is 106. The molecule has 0 atom stereocenters. The molecule has 23 heterocycles. The summed E-state index contributed by atoms with van der Waals surface area (Å²) in [7, 11) is 0. The maximum atomic E-state index is 4.58. The molecule has 0 unspecified atom stereocenters. The fourth-order valence-corrected chi connectivity index (χ4v) is 7.22. The first-order valence-electron chi connectivity index (χ1n) is 34.4. The summed E-state index contributed by atoms with van der Waals surface area (Å²) in [4.78, 5) is 40.6. The number of aromatic nitrogens is 27. The molecule has 0 N–H and O–H groups in total. The predicted molar refractivity (Wildman–Crippen MR) is 474 cm³/mol. The Kier molecular flexibility index (Phi) is 88.3. The van der Waals surface area contributed by atoms with Crippen LogP contribution in [0.3, 0.4) is 0 Å². The predicted octanol–water partition coefficient (Wildman–Crippen LogP) is 16.6. The Hall–Kier alpha value is -15.9. The SMILES string of the molecule is C1=CCC=C1.C1=CCN=C1.C1=CN=CC1.C1=CN=NC1.C1=NN=CC1.C1=NN=NC1.c1ccncc1.c1ccnnc1.c1ccoc1.c1ccsc1.c1cnccn1.c1cncnc1.c1cnoc1.c1cnon1.c1cnsc1.c1cnsn1.c1cocn1.c1conn1.c1cscn1.c1csnn1.c1ncon1.c1ncsn1.c1nnco1.c1nncs1. The molecule has 0 spiro atoms. The van der Waals surface area contributed by atoms with Crippen LogP contribution in [0.25, 0.3) is 0 Å². The van der Waals surface area contributed by atoms with Crippen LogP contribution in [-0.4, -0.2) is 184 Å². The highest BCUT2D eigenvalue weighted by atomic mass is 32.1. The van der Waals surface area contributed by atoms with Gasteiger partial charge in [-0.2, -0.15) is 60.2 Å². The lowest BCUT2D eigenvalue weighted by atomic mass is 10.5. The van der Waals surface area contributed by atoms with Gasteiger partial charge in [-0.15, -0.1) is 58.4 Å². The molecule has 43 nitrogen and oxygen atoms in total. The summed E-state index contributed by atoms with van der Waals surface area (Å²) in [5.41, 5.74) is 6.83. The molecule has 5 aliphatic heterocycles. The molecule has 0 saturated carbocycles. The van der Waals surface area contributed by atoms with E-state index in [-0.39, 0.29) is 0 Å². The van der Waals surface area contributed by atoms with Crippen LogP contribution in [0.1, 0.15) is 19.3 Å². The summed E-state index contributed by atoms with van der Waals surface area (Å²) >= 11 is 10.2. The molecular weight excluding hydrogens is 1730 g/mol. The Labute approximate surface area is 738 Å². The second-order valence-electron chi connectivity index (χ2n) is 18.1. The number of thiazole rings is 1. The number of nitrogens with zero attached hydrogens (tertiary/aromatic N) is 36. The standard InChI is InChI=1S/C5H5N.C5H6.3C4H4N2.2C4H5N.C4H4O.C4H4S.2C3H4N2.2C3H3NO.2C3H3NS.C2H3N3.4C2H2N2O.4C2H2N2S/c1-2-4-6-5-3-1;1-2-4-5-3-1;1-2-6-4-3-5-1;1-2-5-4-6-3-1;1-2-4-6-5-3-1;6*1-2-4-5-3-1;1-2-5-3-4-1;1-2-4-5-3-1;1-2-5-3-4-1;2*1-2-4-5-3-1;1-3-4-2-5-1;1-3-2-5-4-1;1-2-5-4-3-1;1-2-4-5-3-1;1-3-4-2-5-1;1-3-2-5-4-1;1-2-5-4-3-1;1-2-4-5-3-1/h1-5H;1-4H,5H2;3*1-4H;1,3-4H,2H2;1-3H,4H2;2*1-4H;2-3H,1H2;1-2H,3H2;4*1-3H;1H,2H2;8*1-2H. The number of rotatable bonds is 0. The van der Waals surface area contributed by atoms with Crippen LogP contribution in [0.15, 0.2) is 460 Å². The molecule has 24 rings (SSSR count). The number of hydrogen-bond acceptors (Lipinski definition) is 50. The molecule has 18 aromatic heterocycles. The van der Waals surface area contributed by atoms with Gasteiger partial charge in [-0.25, -0.2) is 33.9 Å². The van der Waals surface area contributed by atoms with E-state index in [0.29, 0.717) is 6.54 Å². The van der Waals surface area contributed by atoms with Gasteiger partial charge in [0.25, 0.3) is 0 Å². The third-order valence-corrected chi connectivity index (χ3v) is 12.9. The van der Waals surface area contributed by atoms with Gasteiger partial charge in [-0.3, -0.25) is 29.9 Å². The zero-order valence-corrected chi connectivity index (χ0v) is 71.0. The highest BCUT2D eigenvalue weighted by molar-refractivity contribution is 7.08. The topological polar surface area (TPSA) is 551 Å². The molecular formula is C74H80N36O7S7. The van der Waals surface area contributed by atoms with Crippen LogP contribution in [0.2, 0.25) is 0 Å². The Morgan fingerprint density at radius 3 is 1.25 bits per heavy atom. The number of pyridine rings is 1. The Morgan fingerprint density at radius 2 is 1.06 bits per heavy atom. The second kappa shape index (κ2) is 103. The molecule has 0 bridgehead atoms. The fraction of sp³-hybridized carbons (Fsp3) is 0.0811. The minimum absolute atomic E-state index is 0.667. The zero-order valence-electron chi connectivity index (χ0n) is 65.3. The highest BCUT2D eigenvalue weighted by Gasteiger charge is 1.79. The normalized spacial score (nSPS) is 10.3. The van der Waals surface area contributed by atoms with Crippen molar-refractivity contribution in [1.82, 2.24) is 134 Å². The third kappa shape index (κ3) is 100. The molecule has 0 fully saturated rings. The number of hydrogen-bond donors (Lipinski definition) is 0. The van der Waals surface area contributed by atoms with Gasteiger partial charge >= 0.3 is 0 Å². The fourth-order valence-electron chi connectivity index (χ4n) is 4.97. The summed E-state index contributed by atoms with van der Waals surface area (Å²) in [5.74, 6) is 0. The lowest BCUT2D eigenvalue weighted by Crippen LogP contribution is -1.69. The maximum Gasteiger partial charge on any atom is 0.213 e. The van der Waals surface area contributed by atoms with Crippen molar-refractivity contribution in [3.63, 3.8) is 0 Å². The Bertz CT molecular complexity index is 3470. The number of thiophene rings is 1. The van der Waals surface area contributed by atoms with E-state index in [1.165, 1.54) is 140 Å². The van der Waals surface area contributed by atoms with Crippen molar-refractivity contribution in [2.75, 3.05) is 19.6 Å². The van der Waals surface area contributed by atoms with E-state index < -0.39 is 0 Å². The Balaban J connectivity index is 0.000000647. The smallest absolute Gasteiger partial charge is 0.213 e. The van der Waals surface area contributed by atoms with Crippen molar-refractivity contribution in [3.05, 3.63) is 383 Å². The van der Waals surface area contributed by atoms with Crippen LogP contribution in [-0.2, 0) is 0 Å². The van der Waals surface area contributed by atoms with Crippen molar-refractivity contribution in [1.29, 1.82) is 0 Å². The molecule has 18 aromatic rings.